The zero-order valence-corrected chi connectivity index (χ0v) is 34.5. The van der Waals surface area contributed by atoms with E-state index in [2.05, 4.69) is 63.8 Å². The maximum atomic E-state index is 13.8. The van der Waals surface area contributed by atoms with Crippen molar-refractivity contribution < 1.29 is 29.0 Å². The molecule has 4 heterocycles. The molecule has 0 spiro atoms. The first kappa shape index (κ1) is 38.8. The molecule has 10 atom stereocenters. The first-order valence-corrected chi connectivity index (χ1v) is 21.1. The SMILES string of the molecule is COC(=O)N[C@H](C(=O)N1[C@@H]2C[C@@H]2C[C@H]1c1ncc(-c2ccc([C@@H]3C[C@H]3c3ccc(-c4cnc([C@@H]5C[C@H]6C[C@H]6N5C(=O)[C@H](C(C)C)N(C)C(=O)O)[nH]4)cc3)cc2)[nH]1)C(C)C. The van der Waals surface area contributed by atoms with Crippen LogP contribution in [0.4, 0.5) is 9.59 Å². The van der Waals surface area contributed by atoms with Crippen molar-refractivity contribution in [3.63, 3.8) is 0 Å². The number of nitrogens with one attached hydrogen (secondary N) is 3. The van der Waals surface area contributed by atoms with E-state index in [9.17, 15) is 24.3 Å². The summed E-state index contributed by atoms with van der Waals surface area (Å²) in [5.41, 5.74) is 6.47. The molecule has 3 aliphatic carbocycles. The van der Waals surface area contributed by atoms with Gasteiger partial charge in [0.2, 0.25) is 11.8 Å². The topological polar surface area (TPSA) is 177 Å². The van der Waals surface area contributed by atoms with Crippen LogP contribution in [0.3, 0.4) is 0 Å². The number of carboxylic acid groups (broad SMARTS) is 1. The van der Waals surface area contributed by atoms with Gasteiger partial charge in [0, 0.05) is 19.1 Å². The first-order chi connectivity index (χ1) is 28.3. The summed E-state index contributed by atoms with van der Waals surface area (Å²) in [6.07, 6.45) is 6.69. The summed E-state index contributed by atoms with van der Waals surface area (Å²) < 4.78 is 4.80. The number of benzene rings is 2. The molecule has 14 heteroatoms. The number of nitrogens with zero attached hydrogens (tertiary/aromatic N) is 5. The van der Waals surface area contributed by atoms with Gasteiger partial charge in [0.1, 0.15) is 23.7 Å². The molecular weight excluding hydrogens is 749 g/mol. The molecule has 2 aliphatic heterocycles. The van der Waals surface area contributed by atoms with Crippen molar-refractivity contribution in [1.29, 1.82) is 0 Å². The lowest BCUT2D eigenvalue weighted by Gasteiger charge is -2.35. The predicted octanol–water partition coefficient (Wildman–Crippen LogP) is 7.08. The van der Waals surface area contributed by atoms with Crippen LogP contribution in [-0.4, -0.2) is 102 Å². The van der Waals surface area contributed by atoms with Gasteiger partial charge >= 0.3 is 12.2 Å². The number of carbonyl (C=O) groups excluding carboxylic acids is 3. The molecule has 2 saturated heterocycles. The Morgan fingerprint density at radius 2 is 1.20 bits per heavy atom. The Bertz CT molecular complexity index is 2250. The summed E-state index contributed by atoms with van der Waals surface area (Å²) in [7, 11) is 2.78. The van der Waals surface area contributed by atoms with E-state index in [1.165, 1.54) is 25.3 Å². The number of methoxy groups -OCH3 is 1. The molecule has 9 rings (SSSR count). The van der Waals surface area contributed by atoms with E-state index in [1.54, 1.807) is 0 Å². The van der Waals surface area contributed by atoms with Crippen molar-refractivity contribution in [2.75, 3.05) is 14.2 Å². The Hall–Kier alpha value is -5.66. The third-order valence-corrected chi connectivity index (χ3v) is 13.6. The second-order valence-electron chi connectivity index (χ2n) is 18.1. The summed E-state index contributed by atoms with van der Waals surface area (Å²) in [6.45, 7) is 7.63. The van der Waals surface area contributed by atoms with Gasteiger partial charge in [-0.15, -0.1) is 0 Å². The maximum absolute atomic E-state index is 13.8. The summed E-state index contributed by atoms with van der Waals surface area (Å²) in [6, 6.07) is 15.9. The zero-order valence-electron chi connectivity index (χ0n) is 34.5. The van der Waals surface area contributed by atoms with E-state index in [0.29, 0.717) is 23.7 Å². The lowest BCUT2D eigenvalue weighted by molar-refractivity contribution is -0.140. The standard InChI is InChI=1S/C45H54N8O6/c1-22(2)38(50-44(56)59-6)42(54)52-34-15-28(34)17-36(52)40-46-20-32(48-40)26-11-7-24(8-12-26)30-19-31(30)25-9-13-27(14-10-25)33-21-47-41(49-33)37-18-29-16-35(29)53(37)43(55)39(23(3)4)51(5)45(57)58/h7-14,20-23,28-31,34-39H,15-19H2,1-6H3,(H,46,48)(H,47,49)(H,50,56)(H,57,58)/t28-,29-,30+,31+,34-,35-,36+,37+,38+,39+/m1/s1. The van der Waals surface area contributed by atoms with Gasteiger partial charge in [0.15, 0.2) is 0 Å². The molecule has 4 aromatic rings. The molecule has 0 unspecified atom stereocenters. The fraction of sp³-hybridized carbons (Fsp3) is 0.511. The minimum absolute atomic E-state index is 0.0893. The number of amides is 4. The van der Waals surface area contributed by atoms with Crippen molar-refractivity contribution in [3.05, 3.63) is 83.7 Å². The third-order valence-electron chi connectivity index (χ3n) is 13.6. The van der Waals surface area contributed by atoms with E-state index in [-0.39, 0.29) is 47.8 Å². The van der Waals surface area contributed by atoms with Gasteiger partial charge < -0.3 is 34.9 Å². The molecule has 5 fully saturated rings. The van der Waals surface area contributed by atoms with Crippen LogP contribution < -0.4 is 5.32 Å². The summed E-state index contributed by atoms with van der Waals surface area (Å²) in [5.74, 6) is 2.81. The number of aromatic nitrogens is 4. The van der Waals surface area contributed by atoms with Crippen LogP contribution in [0.25, 0.3) is 22.5 Å². The predicted molar refractivity (Wildman–Crippen MR) is 219 cm³/mol. The molecule has 310 valence electrons. The fourth-order valence-electron chi connectivity index (χ4n) is 10.1. The van der Waals surface area contributed by atoms with Crippen LogP contribution in [0.15, 0.2) is 60.9 Å². The average Bonchev–Trinajstić information content (AvgIpc) is 4.15. The average molecular weight is 803 g/mol. The Balaban J connectivity index is 0.831. The van der Waals surface area contributed by atoms with E-state index < -0.39 is 24.3 Å². The normalized spacial score (nSPS) is 27.3. The second-order valence-corrected chi connectivity index (χ2v) is 18.1. The molecular formula is C45H54N8O6. The molecule has 3 saturated carbocycles. The van der Waals surface area contributed by atoms with Crippen LogP contribution in [-0.2, 0) is 14.3 Å². The van der Waals surface area contributed by atoms with Crippen LogP contribution in [0, 0.1) is 23.7 Å². The van der Waals surface area contributed by atoms with Crippen LogP contribution in [0.1, 0.15) is 106 Å². The molecule has 2 aromatic carbocycles. The minimum atomic E-state index is -1.10. The number of likely N-dealkylation sites (N-methyl/N-ethyl adjacent to an activating group) is 1. The van der Waals surface area contributed by atoms with Crippen molar-refractivity contribution in [2.24, 2.45) is 23.7 Å². The van der Waals surface area contributed by atoms with Gasteiger partial charge in [-0.2, -0.15) is 0 Å². The van der Waals surface area contributed by atoms with Crippen molar-refractivity contribution in [1.82, 2.24) is 40.0 Å². The second kappa shape index (κ2) is 14.9. The third kappa shape index (κ3) is 7.14. The highest BCUT2D eigenvalue weighted by Gasteiger charge is 2.57. The van der Waals surface area contributed by atoms with E-state index in [0.717, 1.165) is 71.2 Å². The summed E-state index contributed by atoms with van der Waals surface area (Å²) in [4.78, 5) is 73.0. The van der Waals surface area contributed by atoms with E-state index in [4.69, 9.17) is 14.7 Å². The molecule has 14 nitrogen and oxygen atoms in total. The quantitative estimate of drug-likeness (QED) is 0.118. The smallest absolute Gasteiger partial charge is 0.407 e. The highest BCUT2D eigenvalue weighted by Crippen LogP contribution is 2.56. The lowest BCUT2D eigenvalue weighted by Crippen LogP contribution is -2.52. The lowest BCUT2D eigenvalue weighted by atomic mass is 10.0. The van der Waals surface area contributed by atoms with Crippen LogP contribution in [0.5, 0.6) is 0 Å². The molecule has 4 N–H and O–H groups in total. The number of alkyl carbamates (subject to hydrolysis) is 1. The summed E-state index contributed by atoms with van der Waals surface area (Å²) in [5, 5.41) is 12.4. The van der Waals surface area contributed by atoms with E-state index in [1.807, 2.05) is 49.9 Å². The van der Waals surface area contributed by atoms with Crippen molar-refractivity contribution in [3.8, 4) is 22.5 Å². The van der Waals surface area contributed by atoms with E-state index >= 15 is 0 Å². The van der Waals surface area contributed by atoms with Crippen LogP contribution >= 0.6 is 0 Å². The highest BCUT2D eigenvalue weighted by molar-refractivity contribution is 5.88. The molecule has 5 aliphatic rings. The van der Waals surface area contributed by atoms with Gasteiger partial charge in [-0.3, -0.25) is 14.5 Å². The number of imidazole rings is 2. The monoisotopic (exact) mass is 802 g/mol. The number of piperidine rings is 2. The Kier molecular flexibility index (Phi) is 9.78. The first-order valence-electron chi connectivity index (χ1n) is 21.1. The molecule has 4 amide bonds. The number of fused-ring (bicyclic) bond motifs is 2. The summed E-state index contributed by atoms with van der Waals surface area (Å²) >= 11 is 0. The fourth-order valence-corrected chi connectivity index (χ4v) is 10.1. The van der Waals surface area contributed by atoms with Crippen molar-refractivity contribution >= 4 is 24.0 Å². The zero-order chi connectivity index (χ0) is 41.4. The molecule has 0 radical (unpaired) electrons. The van der Waals surface area contributed by atoms with Gasteiger partial charge in [-0.1, -0.05) is 76.2 Å². The Morgan fingerprint density at radius 1 is 0.729 bits per heavy atom. The van der Waals surface area contributed by atoms with Crippen LogP contribution in [0.2, 0.25) is 0 Å². The number of rotatable bonds is 12. The molecule has 59 heavy (non-hydrogen) atoms. The number of hydrogen-bond donors (Lipinski definition) is 4. The number of likely N-dealkylation sites (tertiary alicyclic amines) is 2. The minimum Gasteiger partial charge on any atom is -0.465 e. The number of ether oxygens (including phenoxy) is 1. The van der Waals surface area contributed by atoms with Crippen molar-refractivity contribution in [2.45, 2.75) is 108 Å². The molecule has 0 bridgehead atoms. The molecule has 2 aromatic heterocycles. The van der Waals surface area contributed by atoms with Gasteiger partial charge in [-0.05, 0) is 89.9 Å². The van der Waals surface area contributed by atoms with Gasteiger partial charge in [0.25, 0.3) is 0 Å². The Morgan fingerprint density at radius 3 is 1.63 bits per heavy atom. The highest BCUT2D eigenvalue weighted by atomic mass is 16.5. The van der Waals surface area contributed by atoms with Gasteiger partial charge in [0.05, 0.1) is 43.0 Å². The number of aromatic amines is 2. The number of H-pyrrole nitrogens is 2. The number of hydrogen-bond acceptors (Lipinski definition) is 7. The largest absolute Gasteiger partial charge is 0.465 e. The van der Waals surface area contributed by atoms with Gasteiger partial charge in [-0.25, -0.2) is 19.6 Å². The maximum Gasteiger partial charge on any atom is 0.407 e. The number of carbonyl (C=O) groups is 4. The Labute approximate surface area is 344 Å².